The molecule has 0 unspecified atom stereocenters. The van der Waals surface area contributed by atoms with Crippen molar-refractivity contribution in [1.82, 2.24) is 9.96 Å². The number of rotatable bonds is 4. The molecule has 166 valence electrons. The van der Waals surface area contributed by atoms with Gasteiger partial charge >= 0.3 is 12.1 Å². The Morgan fingerprint density at radius 3 is 2.37 bits per heavy atom. The van der Waals surface area contributed by atoms with Crippen LogP contribution in [0.2, 0.25) is 0 Å². The minimum absolute atomic E-state index is 0.0477. The van der Waals surface area contributed by atoms with Crippen molar-refractivity contribution in [3.63, 3.8) is 0 Å². The van der Waals surface area contributed by atoms with Crippen LogP contribution in [0.3, 0.4) is 0 Å². The first-order valence-electron chi connectivity index (χ1n) is 9.53. The van der Waals surface area contributed by atoms with Gasteiger partial charge in [0.05, 0.1) is 5.70 Å². The van der Waals surface area contributed by atoms with Gasteiger partial charge in [0.25, 0.3) is 0 Å². The van der Waals surface area contributed by atoms with Gasteiger partial charge in [0.1, 0.15) is 17.0 Å². The molecule has 0 bridgehead atoms. The standard InChI is InChI=1S/C20H23F5N2O3/c1-5-27(29)17-16(26-10-6-7-14(26)28)15-11(2)12(19(21,22)20(23,24)25)8-9-13(15)30-18(17,3)4/h8-9,29H,5-7,10H2,1-4H3. The number of alkyl halides is 5. The van der Waals surface area contributed by atoms with E-state index in [1.54, 1.807) is 20.8 Å². The molecule has 10 heteroatoms. The molecule has 0 aliphatic carbocycles. The second kappa shape index (κ2) is 7.11. The molecule has 1 fully saturated rings. The fourth-order valence-corrected chi connectivity index (χ4v) is 4.02. The number of ether oxygens (including phenoxy) is 1. The number of carbonyl (C=O) groups excluding carboxylic acids is 1. The van der Waals surface area contributed by atoms with E-state index in [1.807, 2.05) is 0 Å². The molecule has 3 rings (SSSR count). The van der Waals surface area contributed by atoms with Crippen molar-refractivity contribution in [3.8, 4) is 5.75 Å². The van der Waals surface area contributed by atoms with Crippen molar-refractivity contribution < 1.29 is 36.7 Å². The molecule has 2 heterocycles. The summed E-state index contributed by atoms with van der Waals surface area (Å²) in [6, 6.07) is 1.76. The molecular weight excluding hydrogens is 411 g/mol. The molecule has 5 nitrogen and oxygen atoms in total. The quantitative estimate of drug-likeness (QED) is 0.545. The summed E-state index contributed by atoms with van der Waals surface area (Å²) in [4.78, 5) is 13.9. The highest BCUT2D eigenvalue weighted by atomic mass is 19.4. The van der Waals surface area contributed by atoms with Gasteiger partial charge in [-0.1, -0.05) is 0 Å². The van der Waals surface area contributed by atoms with Crippen LogP contribution in [0.25, 0.3) is 5.70 Å². The molecule has 0 saturated carbocycles. The minimum atomic E-state index is -5.79. The van der Waals surface area contributed by atoms with Crippen LogP contribution in [0, 0.1) is 6.92 Å². The Bertz CT molecular complexity index is 908. The highest BCUT2D eigenvalue weighted by Gasteiger charge is 2.60. The normalized spacial score (nSPS) is 19.1. The predicted molar refractivity (Wildman–Crippen MR) is 97.9 cm³/mol. The summed E-state index contributed by atoms with van der Waals surface area (Å²) in [5.41, 5.74) is -2.57. The third kappa shape index (κ3) is 3.30. The lowest BCUT2D eigenvalue weighted by atomic mass is 9.88. The van der Waals surface area contributed by atoms with Gasteiger partial charge in [-0.05, 0) is 51.8 Å². The average molecular weight is 434 g/mol. The van der Waals surface area contributed by atoms with Crippen LogP contribution in [-0.2, 0) is 10.7 Å². The van der Waals surface area contributed by atoms with Crippen molar-refractivity contribution in [2.75, 3.05) is 13.1 Å². The highest BCUT2D eigenvalue weighted by molar-refractivity contribution is 5.92. The number of hydrogen-bond acceptors (Lipinski definition) is 4. The van der Waals surface area contributed by atoms with Crippen LogP contribution >= 0.6 is 0 Å². The fourth-order valence-electron chi connectivity index (χ4n) is 4.02. The Labute approximate surface area is 170 Å². The summed E-state index contributed by atoms with van der Waals surface area (Å²) in [5, 5.41) is 11.4. The van der Waals surface area contributed by atoms with E-state index in [0.717, 1.165) is 18.1 Å². The van der Waals surface area contributed by atoms with Crippen molar-refractivity contribution in [2.45, 2.75) is 58.2 Å². The van der Waals surface area contributed by atoms with Gasteiger partial charge in [0.15, 0.2) is 0 Å². The highest BCUT2D eigenvalue weighted by Crippen LogP contribution is 2.51. The van der Waals surface area contributed by atoms with E-state index in [1.165, 1.54) is 4.90 Å². The van der Waals surface area contributed by atoms with Crippen LogP contribution in [0.4, 0.5) is 22.0 Å². The zero-order valence-corrected chi connectivity index (χ0v) is 17.0. The minimum Gasteiger partial charge on any atom is -0.481 e. The van der Waals surface area contributed by atoms with Crippen molar-refractivity contribution in [2.24, 2.45) is 0 Å². The largest absolute Gasteiger partial charge is 0.481 e. The monoisotopic (exact) mass is 434 g/mol. The molecule has 0 aromatic heterocycles. The number of nitrogens with zero attached hydrogens (tertiary/aromatic N) is 2. The molecular formula is C20H23F5N2O3. The van der Waals surface area contributed by atoms with E-state index in [2.05, 4.69) is 0 Å². The summed E-state index contributed by atoms with van der Waals surface area (Å²) in [5.74, 6) is -5.33. The SMILES string of the molecule is CCN(O)C1=C(N2CCCC2=O)c2c(ccc(C(F)(F)C(F)(F)F)c2C)OC1(C)C. The number of fused-ring (bicyclic) bond motifs is 1. The average Bonchev–Trinajstić information content (AvgIpc) is 3.04. The van der Waals surface area contributed by atoms with Crippen molar-refractivity contribution in [3.05, 3.63) is 34.5 Å². The second-order valence-corrected chi connectivity index (χ2v) is 7.86. The van der Waals surface area contributed by atoms with Crippen LogP contribution in [0.15, 0.2) is 17.8 Å². The van der Waals surface area contributed by atoms with Gasteiger partial charge in [-0.2, -0.15) is 22.0 Å². The maximum Gasteiger partial charge on any atom is 0.458 e. The molecule has 0 spiro atoms. The van der Waals surface area contributed by atoms with Crippen LogP contribution < -0.4 is 4.74 Å². The zero-order valence-electron chi connectivity index (χ0n) is 17.0. The molecule has 1 N–H and O–H groups in total. The summed E-state index contributed by atoms with van der Waals surface area (Å²) in [7, 11) is 0. The topological polar surface area (TPSA) is 53.0 Å². The molecule has 0 radical (unpaired) electrons. The molecule has 1 saturated heterocycles. The molecule has 1 aromatic rings. The van der Waals surface area contributed by atoms with E-state index in [-0.39, 0.29) is 53.7 Å². The zero-order chi connectivity index (χ0) is 22.6. The number of benzene rings is 1. The molecule has 30 heavy (non-hydrogen) atoms. The lowest BCUT2D eigenvalue weighted by molar-refractivity contribution is -0.289. The Morgan fingerprint density at radius 2 is 1.87 bits per heavy atom. The van der Waals surface area contributed by atoms with E-state index in [4.69, 9.17) is 4.74 Å². The van der Waals surface area contributed by atoms with E-state index in [0.29, 0.717) is 12.5 Å². The predicted octanol–water partition coefficient (Wildman–Crippen LogP) is 4.82. The van der Waals surface area contributed by atoms with E-state index in [9.17, 15) is 32.0 Å². The molecule has 1 aromatic carbocycles. The summed E-state index contributed by atoms with van der Waals surface area (Å²) < 4.78 is 73.5. The third-order valence-corrected chi connectivity index (χ3v) is 5.42. The van der Waals surface area contributed by atoms with Gasteiger partial charge < -0.3 is 9.64 Å². The van der Waals surface area contributed by atoms with Crippen LogP contribution in [-0.4, -0.2) is 45.9 Å². The third-order valence-electron chi connectivity index (χ3n) is 5.42. The maximum absolute atomic E-state index is 14.2. The van der Waals surface area contributed by atoms with Crippen LogP contribution in [0.5, 0.6) is 5.75 Å². The molecule has 1 amide bonds. The molecule has 0 atom stereocenters. The lowest BCUT2D eigenvalue weighted by Gasteiger charge is -2.42. The van der Waals surface area contributed by atoms with Gasteiger partial charge in [-0.3, -0.25) is 15.1 Å². The number of hydrogen-bond donors (Lipinski definition) is 1. The number of carbonyl (C=O) groups is 1. The molecule has 2 aliphatic heterocycles. The number of hydroxylamine groups is 2. The first-order chi connectivity index (χ1) is 13.7. The Hall–Kier alpha value is -2.36. The fraction of sp³-hybridized carbons (Fsp3) is 0.550. The molecule has 2 aliphatic rings. The first-order valence-corrected chi connectivity index (χ1v) is 9.53. The van der Waals surface area contributed by atoms with Gasteiger partial charge in [0.2, 0.25) is 5.91 Å². The Kier molecular flexibility index (Phi) is 5.29. The summed E-state index contributed by atoms with van der Waals surface area (Å²) in [6.07, 6.45) is -5.08. The first kappa shape index (κ1) is 22.3. The van der Waals surface area contributed by atoms with Crippen molar-refractivity contribution >= 4 is 11.6 Å². The lowest BCUT2D eigenvalue weighted by Crippen LogP contribution is -2.45. The van der Waals surface area contributed by atoms with Gasteiger partial charge in [-0.15, -0.1) is 0 Å². The second-order valence-electron chi connectivity index (χ2n) is 7.86. The number of amides is 1. The Morgan fingerprint density at radius 1 is 1.23 bits per heavy atom. The number of likely N-dealkylation sites (N-methyl/N-ethyl adjacent to an activating group) is 1. The van der Waals surface area contributed by atoms with Crippen LogP contribution in [0.1, 0.15) is 50.3 Å². The van der Waals surface area contributed by atoms with Crippen molar-refractivity contribution in [1.29, 1.82) is 0 Å². The smallest absolute Gasteiger partial charge is 0.458 e. The number of halogens is 5. The number of likely N-dealkylation sites (tertiary alicyclic amines) is 1. The summed E-state index contributed by atoms with van der Waals surface area (Å²) >= 11 is 0. The van der Waals surface area contributed by atoms with Gasteiger partial charge in [-0.25, -0.2) is 0 Å². The van der Waals surface area contributed by atoms with E-state index >= 15 is 0 Å². The van der Waals surface area contributed by atoms with Gasteiger partial charge in [0, 0.05) is 30.6 Å². The van der Waals surface area contributed by atoms with E-state index < -0.39 is 23.3 Å². The summed E-state index contributed by atoms with van der Waals surface area (Å²) in [6.45, 7) is 6.35. The maximum atomic E-state index is 14.2. The Balaban J connectivity index is 2.37.